The Morgan fingerprint density at radius 1 is 1.00 bits per heavy atom. The molecule has 20 heavy (non-hydrogen) atoms. The molecule has 11 heteroatoms. The lowest BCUT2D eigenvalue weighted by atomic mass is 9.96. The summed E-state index contributed by atoms with van der Waals surface area (Å²) >= 11 is 3.65. The lowest BCUT2D eigenvalue weighted by Gasteiger charge is -2.18. The Hall–Kier alpha value is -1.85. The first kappa shape index (κ1) is 20.5. The molecule has 0 aromatic rings. The molecule has 0 amide bonds. The Kier molecular flexibility index (Phi) is 9.33. The SMILES string of the molecule is N[C@@H](CS)C(=O)O.O=C(O)CC(O)(CC(=O)O)C(=O)O. The number of aliphatic carboxylic acids is 4. The topological polar surface area (TPSA) is 195 Å². The molecular formula is C9H15NO9S. The predicted molar refractivity (Wildman–Crippen MR) is 66.6 cm³/mol. The average Bonchev–Trinajstić information content (AvgIpc) is 2.26. The number of thiol groups is 1. The van der Waals surface area contributed by atoms with Gasteiger partial charge in [-0.25, -0.2) is 4.79 Å². The number of carboxylic acid groups (broad SMARTS) is 4. The first-order valence-corrected chi connectivity index (χ1v) is 5.58. The highest BCUT2D eigenvalue weighted by atomic mass is 32.1. The van der Waals surface area contributed by atoms with Gasteiger partial charge in [0.15, 0.2) is 5.60 Å². The Morgan fingerprint density at radius 3 is 1.45 bits per heavy atom. The third-order valence-electron chi connectivity index (χ3n) is 1.80. The molecule has 0 heterocycles. The molecule has 0 aromatic carbocycles. The summed E-state index contributed by atoms with van der Waals surface area (Å²) in [6.07, 6.45) is -2.29. The van der Waals surface area contributed by atoms with Crippen molar-refractivity contribution in [3.63, 3.8) is 0 Å². The summed E-state index contributed by atoms with van der Waals surface area (Å²) in [6, 6.07) is -0.816. The van der Waals surface area contributed by atoms with Crippen molar-refractivity contribution in [3.8, 4) is 0 Å². The summed E-state index contributed by atoms with van der Waals surface area (Å²) in [7, 11) is 0. The molecule has 7 N–H and O–H groups in total. The van der Waals surface area contributed by atoms with E-state index in [9.17, 15) is 19.2 Å². The molecule has 0 saturated carbocycles. The zero-order chi connectivity index (χ0) is 16.5. The van der Waals surface area contributed by atoms with E-state index in [1.165, 1.54) is 0 Å². The quantitative estimate of drug-likeness (QED) is 0.260. The van der Waals surface area contributed by atoms with E-state index in [-0.39, 0.29) is 5.75 Å². The minimum Gasteiger partial charge on any atom is -0.481 e. The fourth-order valence-electron chi connectivity index (χ4n) is 0.792. The van der Waals surface area contributed by atoms with Crippen molar-refractivity contribution in [3.05, 3.63) is 0 Å². The van der Waals surface area contributed by atoms with Crippen LogP contribution in [0.15, 0.2) is 0 Å². The monoisotopic (exact) mass is 313 g/mol. The second kappa shape index (κ2) is 9.12. The van der Waals surface area contributed by atoms with E-state index in [0.29, 0.717) is 0 Å². The zero-order valence-corrected chi connectivity index (χ0v) is 11.0. The molecule has 116 valence electrons. The second-order valence-electron chi connectivity index (χ2n) is 3.61. The van der Waals surface area contributed by atoms with Crippen molar-refractivity contribution in [1.29, 1.82) is 0 Å². The highest BCUT2D eigenvalue weighted by Crippen LogP contribution is 2.15. The lowest BCUT2D eigenvalue weighted by Crippen LogP contribution is -2.42. The number of hydrogen-bond donors (Lipinski definition) is 7. The van der Waals surface area contributed by atoms with Crippen LogP contribution in [0.5, 0.6) is 0 Å². The largest absolute Gasteiger partial charge is 0.481 e. The van der Waals surface area contributed by atoms with Gasteiger partial charge in [0.25, 0.3) is 0 Å². The molecule has 10 nitrogen and oxygen atoms in total. The first-order valence-electron chi connectivity index (χ1n) is 4.95. The summed E-state index contributed by atoms with van der Waals surface area (Å²) in [5.41, 5.74) is 2.20. The summed E-state index contributed by atoms with van der Waals surface area (Å²) < 4.78 is 0. The molecule has 1 atom stereocenters. The van der Waals surface area contributed by atoms with Crippen molar-refractivity contribution in [2.24, 2.45) is 5.73 Å². The van der Waals surface area contributed by atoms with Crippen LogP contribution in [0.3, 0.4) is 0 Å². The fraction of sp³-hybridized carbons (Fsp3) is 0.556. The van der Waals surface area contributed by atoms with E-state index >= 15 is 0 Å². The van der Waals surface area contributed by atoms with Crippen molar-refractivity contribution in [2.75, 3.05) is 5.75 Å². The van der Waals surface area contributed by atoms with Crippen LogP contribution in [0, 0.1) is 0 Å². The Balaban J connectivity index is 0. The highest BCUT2D eigenvalue weighted by Gasteiger charge is 2.40. The number of hydrogen-bond acceptors (Lipinski definition) is 7. The maximum Gasteiger partial charge on any atom is 0.336 e. The van der Waals surface area contributed by atoms with Crippen LogP contribution in [-0.4, -0.2) is 66.8 Å². The molecule has 0 spiro atoms. The fourth-order valence-corrected chi connectivity index (χ4v) is 0.948. The minimum absolute atomic E-state index is 0.190. The molecule has 0 aliphatic rings. The average molecular weight is 313 g/mol. The van der Waals surface area contributed by atoms with Crippen LogP contribution in [0.1, 0.15) is 12.8 Å². The molecule has 0 saturated heterocycles. The van der Waals surface area contributed by atoms with E-state index in [4.69, 9.17) is 31.3 Å². The molecule has 0 aliphatic heterocycles. The van der Waals surface area contributed by atoms with Crippen LogP contribution in [0.4, 0.5) is 0 Å². The first-order chi connectivity index (χ1) is 8.96. The standard InChI is InChI=1S/C6H8O7.C3H7NO2S/c7-3(8)1-6(13,5(11)12)2-4(9)10;4-2(1-7)3(5)6/h13H,1-2H2,(H,7,8)(H,9,10)(H,11,12);2,7H,1,4H2,(H,5,6)/t;2-/m.0/s1. The van der Waals surface area contributed by atoms with Crippen molar-refractivity contribution >= 4 is 36.5 Å². The van der Waals surface area contributed by atoms with Crippen LogP contribution < -0.4 is 5.73 Å². The van der Waals surface area contributed by atoms with Gasteiger partial charge < -0.3 is 31.3 Å². The number of carbonyl (C=O) groups is 4. The van der Waals surface area contributed by atoms with Gasteiger partial charge in [-0.15, -0.1) is 0 Å². The van der Waals surface area contributed by atoms with Gasteiger partial charge in [0.1, 0.15) is 6.04 Å². The second-order valence-corrected chi connectivity index (χ2v) is 3.97. The number of carboxylic acids is 4. The maximum atomic E-state index is 10.3. The molecule has 0 aromatic heterocycles. The normalized spacial score (nSPS) is 11.8. The van der Waals surface area contributed by atoms with Gasteiger partial charge in [0, 0.05) is 5.75 Å². The highest BCUT2D eigenvalue weighted by molar-refractivity contribution is 7.80. The third-order valence-corrected chi connectivity index (χ3v) is 2.19. The maximum absolute atomic E-state index is 10.3. The van der Waals surface area contributed by atoms with Gasteiger partial charge in [-0.1, -0.05) is 0 Å². The van der Waals surface area contributed by atoms with Gasteiger partial charge in [-0.3, -0.25) is 14.4 Å². The van der Waals surface area contributed by atoms with E-state index in [0.717, 1.165) is 0 Å². The molecular weight excluding hydrogens is 298 g/mol. The summed E-state index contributed by atoms with van der Waals surface area (Å²) in [5, 5.41) is 41.8. The van der Waals surface area contributed by atoms with Crippen LogP contribution in [0.2, 0.25) is 0 Å². The van der Waals surface area contributed by atoms with Crippen molar-refractivity contribution < 1.29 is 44.7 Å². The van der Waals surface area contributed by atoms with Crippen molar-refractivity contribution in [2.45, 2.75) is 24.5 Å². The summed E-state index contributed by atoms with van der Waals surface area (Å²) in [5.74, 6) is -5.83. The Morgan fingerprint density at radius 2 is 1.35 bits per heavy atom. The predicted octanol–water partition coefficient (Wildman–Crippen LogP) is -1.92. The number of aliphatic hydroxyl groups is 1. The Bertz CT molecular complexity index is 368. The molecule has 0 unspecified atom stereocenters. The number of rotatable bonds is 7. The lowest BCUT2D eigenvalue weighted by molar-refractivity contribution is -0.170. The molecule has 0 rings (SSSR count). The van der Waals surface area contributed by atoms with E-state index in [1.54, 1.807) is 0 Å². The van der Waals surface area contributed by atoms with Gasteiger partial charge in [0.05, 0.1) is 12.8 Å². The van der Waals surface area contributed by atoms with E-state index in [2.05, 4.69) is 12.6 Å². The van der Waals surface area contributed by atoms with Gasteiger partial charge in [0.2, 0.25) is 0 Å². The molecule has 0 radical (unpaired) electrons. The van der Waals surface area contributed by atoms with E-state index < -0.39 is 48.4 Å². The van der Waals surface area contributed by atoms with Gasteiger partial charge in [-0.2, -0.15) is 12.6 Å². The summed E-state index contributed by atoms with van der Waals surface area (Å²) in [6.45, 7) is 0. The van der Waals surface area contributed by atoms with E-state index in [1.807, 2.05) is 0 Å². The van der Waals surface area contributed by atoms with Gasteiger partial charge >= 0.3 is 23.9 Å². The Labute approximate surface area is 118 Å². The van der Waals surface area contributed by atoms with Crippen molar-refractivity contribution in [1.82, 2.24) is 0 Å². The third kappa shape index (κ3) is 9.13. The number of nitrogens with two attached hydrogens (primary N) is 1. The molecule has 0 bridgehead atoms. The smallest absolute Gasteiger partial charge is 0.336 e. The molecule has 0 aliphatic carbocycles. The van der Waals surface area contributed by atoms with Gasteiger partial charge in [-0.05, 0) is 0 Å². The minimum atomic E-state index is -2.74. The summed E-state index contributed by atoms with van der Waals surface area (Å²) in [4.78, 5) is 40.2. The van der Waals surface area contributed by atoms with Crippen LogP contribution >= 0.6 is 12.6 Å². The zero-order valence-electron chi connectivity index (χ0n) is 10.1. The molecule has 0 fully saturated rings. The van der Waals surface area contributed by atoms with Crippen LogP contribution in [0.25, 0.3) is 0 Å². The van der Waals surface area contributed by atoms with Crippen LogP contribution in [-0.2, 0) is 19.2 Å².